The number of piperidine rings is 1. The largest absolute Gasteiger partial charge is 0.479 e. The van der Waals surface area contributed by atoms with E-state index in [1.165, 1.54) is 24.2 Å². The number of nitrogens with zero attached hydrogens (tertiary/aromatic N) is 2. The zero-order chi connectivity index (χ0) is 15.5. The van der Waals surface area contributed by atoms with E-state index in [9.17, 15) is 9.59 Å². The number of hydrogen-bond donors (Lipinski definition) is 1. The number of amides is 1. The van der Waals surface area contributed by atoms with E-state index in [1.807, 2.05) is 12.1 Å². The van der Waals surface area contributed by atoms with Gasteiger partial charge in [-0.3, -0.25) is 4.79 Å². The summed E-state index contributed by atoms with van der Waals surface area (Å²) in [6.07, 6.45) is 6.98. The van der Waals surface area contributed by atoms with Gasteiger partial charge in [0.05, 0.1) is 0 Å². The molecule has 1 amide bonds. The molecule has 3 rings (SSSR count). The molecule has 0 aliphatic carbocycles. The predicted molar refractivity (Wildman–Crippen MR) is 84.1 cm³/mol. The lowest BCUT2D eigenvalue weighted by atomic mass is 10.1. The molecule has 1 atom stereocenters. The number of hydrogen-bond acceptors (Lipinski definition) is 3. The first-order valence-corrected chi connectivity index (χ1v) is 7.72. The van der Waals surface area contributed by atoms with Crippen molar-refractivity contribution < 1.29 is 14.7 Å². The quantitative estimate of drug-likeness (QED) is 0.869. The lowest BCUT2D eigenvalue weighted by Crippen LogP contribution is -2.40. The first-order valence-electron chi connectivity index (χ1n) is 7.72. The van der Waals surface area contributed by atoms with Gasteiger partial charge in [0.1, 0.15) is 6.04 Å². The summed E-state index contributed by atoms with van der Waals surface area (Å²) in [6, 6.07) is 6.65. The molecule has 1 saturated heterocycles. The third kappa shape index (κ3) is 2.84. The molecule has 2 aliphatic heterocycles. The molecular weight excluding hydrogens is 280 g/mol. The van der Waals surface area contributed by atoms with Gasteiger partial charge in [-0.05, 0) is 43.5 Å². The number of aliphatic carboxylic acids is 1. The fraction of sp³-hybridized carbons (Fsp3) is 0.412. The zero-order valence-corrected chi connectivity index (χ0v) is 12.4. The van der Waals surface area contributed by atoms with Crippen LogP contribution in [0.15, 0.2) is 36.4 Å². The normalized spacial score (nSPS) is 21.2. The molecule has 1 aromatic rings. The third-order valence-corrected chi connectivity index (χ3v) is 4.31. The number of carboxylic acid groups (broad SMARTS) is 1. The van der Waals surface area contributed by atoms with Crippen molar-refractivity contribution in [2.45, 2.75) is 25.3 Å². The highest BCUT2D eigenvalue weighted by atomic mass is 16.4. The Bertz CT molecular complexity index is 588. The zero-order valence-electron chi connectivity index (χ0n) is 12.4. The highest BCUT2D eigenvalue weighted by Gasteiger charge is 2.30. The summed E-state index contributed by atoms with van der Waals surface area (Å²) in [5.41, 5.74) is 1.67. The standard InChI is InChI=1S/C17H20N2O3/c20-16(19-12-4-5-15(19)17(21)22)13-6-8-14(9-7-13)18-10-2-1-3-11-18/h4-9,15H,1-3,10-12H2,(H,21,22). The summed E-state index contributed by atoms with van der Waals surface area (Å²) in [7, 11) is 0. The summed E-state index contributed by atoms with van der Waals surface area (Å²) < 4.78 is 0. The van der Waals surface area contributed by atoms with Gasteiger partial charge in [-0.15, -0.1) is 0 Å². The molecule has 116 valence electrons. The molecule has 1 aromatic carbocycles. The van der Waals surface area contributed by atoms with Crippen LogP contribution >= 0.6 is 0 Å². The van der Waals surface area contributed by atoms with E-state index in [-0.39, 0.29) is 5.91 Å². The molecule has 1 N–H and O–H groups in total. The average Bonchev–Trinajstić information content (AvgIpc) is 3.05. The number of rotatable bonds is 3. The molecule has 1 fully saturated rings. The maximum atomic E-state index is 12.5. The van der Waals surface area contributed by atoms with E-state index in [1.54, 1.807) is 24.3 Å². The van der Waals surface area contributed by atoms with Gasteiger partial charge < -0.3 is 14.9 Å². The second-order valence-electron chi connectivity index (χ2n) is 5.76. The fourth-order valence-corrected chi connectivity index (χ4v) is 3.08. The number of anilines is 1. The van der Waals surface area contributed by atoms with Crippen LogP contribution in [0.2, 0.25) is 0 Å². The number of carbonyl (C=O) groups excluding carboxylic acids is 1. The lowest BCUT2D eigenvalue weighted by Gasteiger charge is -2.29. The van der Waals surface area contributed by atoms with Crippen LogP contribution in [0, 0.1) is 0 Å². The summed E-state index contributed by atoms with van der Waals surface area (Å²) >= 11 is 0. The Kier molecular flexibility index (Phi) is 4.13. The van der Waals surface area contributed by atoms with E-state index >= 15 is 0 Å². The minimum atomic E-state index is -0.993. The summed E-state index contributed by atoms with van der Waals surface area (Å²) in [4.78, 5) is 27.3. The Labute approximate surface area is 129 Å². The maximum Gasteiger partial charge on any atom is 0.330 e. The van der Waals surface area contributed by atoms with E-state index in [0.29, 0.717) is 12.1 Å². The average molecular weight is 300 g/mol. The van der Waals surface area contributed by atoms with Crippen LogP contribution in [0.1, 0.15) is 29.6 Å². The monoisotopic (exact) mass is 300 g/mol. The molecule has 2 aliphatic rings. The third-order valence-electron chi connectivity index (χ3n) is 4.31. The SMILES string of the molecule is O=C(O)C1C=CCN1C(=O)c1ccc(N2CCCCC2)cc1. The van der Waals surface area contributed by atoms with Crippen LogP contribution in [0.3, 0.4) is 0 Å². The van der Waals surface area contributed by atoms with Crippen molar-refractivity contribution >= 4 is 17.6 Å². The smallest absolute Gasteiger partial charge is 0.330 e. The van der Waals surface area contributed by atoms with Crippen molar-refractivity contribution in [3.63, 3.8) is 0 Å². The molecule has 5 heteroatoms. The molecule has 0 spiro atoms. The van der Waals surface area contributed by atoms with Gasteiger partial charge in [-0.25, -0.2) is 4.79 Å². The summed E-state index contributed by atoms with van der Waals surface area (Å²) in [5.74, 6) is -1.23. The first kappa shape index (κ1) is 14.6. The van der Waals surface area contributed by atoms with E-state index in [0.717, 1.165) is 18.8 Å². The summed E-state index contributed by atoms with van der Waals surface area (Å²) in [6.45, 7) is 2.47. The highest BCUT2D eigenvalue weighted by molar-refractivity contribution is 5.98. The van der Waals surface area contributed by atoms with Crippen molar-refractivity contribution in [3.05, 3.63) is 42.0 Å². The van der Waals surface area contributed by atoms with E-state index < -0.39 is 12.0 Å². The molecule has 2 heterocycles. The van der Waals surface area contributed by atoms with Gasteiger partial charge in [0, 0.05) is 30.9 Å². The molecule has 0 radical (unpaired) electrons. The van der Waals surface area contributed by atoms with Crippen LogP contribution in [0.5, 0.6) is 0 Å². The Balaban J connectivity index is 1.72. The van der Waals surface area contributed by atoms with Gasteiger partial charge in [0.2, 0.25) is 0 Å². The molecule has 5 nitrogen and oxygen atoms in total. The van der Waals surface area contributed by atoms with Crippen molar-refractivity contribution in [2.75, 3.05) is 24.5 Å². The topological polar surface area (TPSA) is 60.9 Å². The Morgan fingerprint density at radius 1 is 1.05 bits per heavy atom. The number of carbonyl (C=O) groups is 2. The minimum absolute atomic E-state index is 0.234. The number of benzene rings is 1. The fourth-order valence-electron chi connectivity index (χ4n) is 3.08. The van der Waals surface area contributed by atoms with Gasteiger partial charge in [-0.1, -0.05) is 12.2 Å². The van der Waals surface area contributed by atoms with Crippen LogP contribution in [-0.2, 0) is 4.79 Å². The predicted octanol–water partition coefficient (Wildman–Crippen LogP) is 2.14. The van der Waals surface area contributed by atoms with Gasteiger partial charge in [-0.2, -0.15) is 0 Å². The maximum absolute atomic E-state index is 12.5. The molecule has 22 heavy (non-hydrogen) atoms. The van der Waals surface area contributed by atoms with Crippen LogP contribution in [0.25, 0.3) is 0 Å². The van der Waals surface area contributed by atoms with Crippen molar-refractivity contribution in [1.82, 2.24) is 4.90 Å². The van der Waals surface area contributed by atoms with Crippen LogP contribution in [-0.4, -0.2) is 47.6 Å². The van der Waals surface area contributed by atoms with Crippen molar-refractivity contribution in [2.24, 2.45) is 0 Å². The lowest BCUT2D eigenvalue weighted by molar-refractivity contribution is -0.140. The molecule has 0 bridgehead atoms. The minimum Gasteiger partial charge on any atom is -0.479 e. The first-order chi connectivity index (χ1) is 10.7. The second kappa shape index (κ2) is 6.22. The highest BCUT2D eigenvalue weighted by Crippen LogP contribution is 2.22. The Morgan fingerprint density at radius 2 is 1.73 bits per heavy atom. The van der Waals surface area contributed by atoms with Gasteiger partial charge in [0.25, 0.3) is 5.91 Å². The van der Waals surface area contributed by atoms with Crippen LogP contribution in [0.4, 0.5) is 5.69 Å². The molecule has 0 saturated carbocycles. The van der Waals surface area contributed by atoms with Crippen LogP contribution < -0.4 is 4.90 Å². The molecule has 0 aromatic heterocycles. The second-order valence-corrected chi connectivity index (χ2v) is 5.76. The molecule has 1 unspecified atom stereocenters. The summed E-state index contributed by atoms with van der Waals surface area (Å²) in [5, 5.41) is 9.14. The number of carboxylic acids is 1. The van der Waals surface area contributed by atoms with E-state index in [2.05, 4.69) is 4.90 Å². The van der Waals surface area contributed by atoms with Gasteiger partial charge in [0.15, 0.2) is 0 Å². The Morgan fingerprint density at radius 3 is 2.36 bits per heavy atom. The van der Waals surface area contributed by atoms with E-state index in [4.69, 9.17) is 5.11 Å². The van der Waals surface area contributed by atoms with Crippen molar-refractivity contribution in [3.8, 4) is 0 Å². The Hall–Kier alpha value is -2.30. The van der Waals surface area contributed by atoms with Gasteiger partial charge >= 0.3 is 5.97 Å². The van der Waals surface area contributed by atoms with Crippen molar-refractivity contribution in [1.29, 1.82) is 0 Å². The molecular formula is C17H20N2O3.